The first-order valence-corrected chi connectivity index (χ1v) is 4.03. The van der Waals surface area contributed by atoms with Crippen molar-refractivity contribution in [2.24, 2.45) is 11.7 Å². The van der Waals surface area contributed by atoms with E-state index in [9.17, 15) is 4.79 Å². The lowest BCUT2D eigenvalue weighted by Gasteiger charge is -2.05. The van der Waals surface area contributed by atoms with E-state index < -0.39 is 0 Å². The molecule has 0 aromatic carbocycles. The molecule has 66 valence electrons. The van der Waals surface area contributed by atoms with Crippen LogP contribution in [-0.4, -0.2) is 12.3 Å². The standard InChI is InChI=1S/C9H13NO2/c1-7(4-5-10)9(11)8-3-2-6-12-8/h2-3,6-7H,4-5,10H2,1H3. The highest BCUT2D eigenvalue weighted by atomic mass is 16.3. The van der Waals surface area contributed by atoms with Crippen molar-refractivity contribution >= 4 is 5.78 Å². The zero-order valence-electron chi connectivity index (χ0n) is 7.12. The molecule has 1 atom stereocenters. The van der Waals surface area contributed by atoms with E-state index in [1.54, 1.807) is 12.1 Å². The van der Waals surface area contributed by atoms with Gasteiger partial charge in [0.25, 0.3) is 0 Å². The molecule has 0 saturated carbocycles. The molecule has 1 rings (SSSR count). The van der Waals surface area contributed by atoms with Crippen LogP contribution in [0.3, 0.4) is 0 Å². The molecule has 0 amide bonds. The van der Waals surface area contributed by atoms with Crippen molar-refractivity contribution in [3.63, 3.8) is 0 Å². The Morgan fingerprint density at radius 3 is 3.00 bits per heavy atom. The molecule has 0 spiro atoms. The summed E-state index contributed by atoms with van der Waals surface area (Å²) in [6.45, 7) is 2.39. The van der Waals surface area contributed by atoms with Crippen LogP contribution in [0, 0.1) is 5.92 Å². The summed E-state index contributed by atoms with van der Waals surface area (Å²) < 4.78 is 4.97. The summed E-state index contributed by atoms with van der Waals surface area (Å²) in [4.78, 5) is 11.4. The number of nitrogens with two attached hydrogens (primary N) is 1. The summed E-state index contributed by atoms with van der Waals surface area (Å²) >= 11 is 0. The van der Waals surface area contributed by atoms with Crippen LogP contribution in [0.4, 0.5) is 0 Å². The molecule has 1 aromatic rings. The maximum atomic E-state index is 11.4. The van der Waals surface area contributed by atoms with Gasteiger partial charge in [0.2, 0.25) is 5.78 Å². The van der Waals surface area contributed by atoms with Crippen molar-refractivity contribution in [3.05, 3.63) is 24.2 Å². The zero-order valence-corrected chi connectivity index (χ0v) is 7.12. The fourth-order valence-corrected chi connectivity index (χ4v) is 1.04. The minimum absolute atomic E-state index is 0.0328. The SMILES string of the molecule is CC(CCN)C(=O)c1ccco1. The molecule has 0 bridgehead atoms. The Bertz CT molecular complexity index is 241. The van der Waals surface area contributed by atoms with E-state index in [4.69, 9.17) is 10.2 Å². The molecular formula is C9H13NO2. The van der Waals surface area contributed by atoms with Crippen LogP contribution >= 0.6 is 0 Å². The van der Waals surface area contributed by atoms with E-state index in [0.717, 1.165) is 0 Å². The summed E-state index contributed by atoms with van der Waals surface area (Å²) in [6.07, 6.45) is 2.21. The zero-order chi connectivity index (χ0) is 8.97. The monoisotopic (exact) mass is 167 g/mol. The Labute approximate surface area is 71.6 Å². The molecule has 1 unspecified atom stereocenters. The second kappa shape index (κ2) is 4.07. The van der Waals surface area contributed by atoms with Gasteiger partial charge in [-0.25, -0.2) is 0 Å². The number of ketones is 1. The molecule has 0 aliphatic carbocycles. The van der Waals surface area contributed by atoms with Gasteiger partial charge in [0.05, 0.1) is 6.26 Å². The van der Waals surface area contributed by atoms with E-state index >= 15 is 0 Å². The van der Waals surface area contributed by atoms with Gasteiger partial charge in [0.1, 0.15) is 0 Å². The quantitative estimate of drug-likeness (QED) is 0.690. The van der Waals surface area contributed by atoms with Crippen molar-refractivity contribution in [1.82, 2.24) is 0 Å². The first kappa shape index (κ1) is 9.00. The topological polar surface area (TPSA) is 56.2 Å². The molecule has 3 nitrogen and oxygen atoms in total. The molecule has 0 saturated heterocycles. The second-order valence-corrected chi connectivity index (χ2v) is 2.82. The third kappa shape index (κ3) is 1.95. The van der Waals surface area contributed by atoms with Crippen LogP contribution in [0.25, 0.3) is 0 Å². The summed E-state index contributed by atoms with van der Waals surface area (Å²) in [6, 6.07) is 3.39. The van der Waals surface area contributed by atoms with Gasteiger partial charge in [0.15, 0.2) is 5.76 Å². The minimum atomic E-state index is -0.0406. The van der Waals surface area contributed by atoms with E-state index in [-0.39, 0.29) is 11.7 Å². The molecule has 12 heavy (non-hydrogen) atoms. The van der Waals surface area contributed by atoms with Gasteiger partial charge in [0, 0.05) is 5.92 Å². The van der Waals surface area contributed by atoms with Crippen molar-refractivity contribution in [2.75, 3.05) is 6.54 Å². The van der Waals surface area contributed by atoms with Crippen LogP contribution in [-0.2, 0) is 0 Å². The number of hydrogen-bond acceptors (Lipinski definition) is 3. The smallest absolute Gasteiger partial charge is 0.200 e. The maximum absolute atomic E-state index is 11.4. The maximum Gasteiger partial charge on any atom is 0.200 e. The van der Waals surface area contributed by atoms with Crippen molar-refractivity contribution in [2.45, 2.75) is 13.3 Å². The summed E-state index contributed by atoms with van der Waals surface area (Å²) in [5, 5.41) is 0. The lowest BCUT2D eigenvalue weighted by atomic mass is 10.0. The van der Waals surface area contributed by atoms with Gasteiger partial charge < -0.3 is 10.2 Å². The summed E-state index contributed by atoms with van der Waals surface area (Å²) in [5.74, 6) is 0.419. The molecule has 1 heterocycles. The van der Waals surface area contributed by atoms with Gasteiger partial charge in [-0.15, -0.1) is 0 Å². The average Bonchev–Trinajstić information content (AvgIpc) is 2.55. The highest BCUT2D eigenvalue weighted by molar-refractivity contribution is 5.94. The Hall–Kier alpha value is -1.09. The predicted octanol–water partition coefficient (Wildman–Crippen LogP) is 1.45. The second-order valence-electron chi connectivity index (χ2n) is 2.82. The molecule has 0 aliphatic heterocycles. The molecule has 0 fully saturated rings. The van der Waals surface area contributed by atoms with Crippen LogP contribution in [0.15, 0.2) is 22.8 Å². The summed E-state index contributed by atoms with van der Waals surface area (Å²) in [7, 11) is 0. The van der Waals surface area contributed by atoms with Gasteiger partial charge in [-0.05, 0) is 25.1 Å². The van der Waals surface area contributed by atoms with E-state index in [2.05, 4.69) is 0 Å². The number of carbonyl (C=O) groups is 1. The van der Waals surface area contributed by atoms with E-state index in [1.165, 1.54) is 6.26 Å². The molecule has 0 aliphatic rings. The molecular weight excluding hydrogens is 154 g/mol. The van der Waals surface area contributed by atoms with Crippen molar-refractivity contribution in [1.29, 1.82) is 0 Å². The van der Waals surface area contributed by atoms with Gasteiger partial charge in [-0.2, -0.15) is 0 Å². The van der Waals surface area contributed by atoms with Gasteiger partial charge in [-0.3, -0.25) is 4.79 Å². The molecule has 2 N–H and O–H groups in total. The normalized spacial score (nSPS) is 12.8. The predicted molar refractivity (Wildman–Crippen MR) is 45.9 cm³/mol. The van der Waals surface area contributed by atoms with Gasteiger partial charge in [-0.1, -0.05) is 6.92 Å². The van der Waals surface area contributed by atoms with Crippen LogP contribution in [0.5, 0.6) is 0 Å². The number of furan rings is 1. The summed E-state index contributed by atoms with van der Waals surface area (Å²) in [5.41, 5.74) is 5.34. The lowest BCUT2D eigenvalue weighted by Crippen LogP contribution is -2.14. The number of rotatable bonds is 4. The molecule has 1 aromatic heterocycles. The van der Waals surface area contributed by atoms with E-state index in [0.29, 0.717) is 18.7 Å². The third-order valence-corrected chi connectivity index (χ3v) is 1.81. The Balaban J connectivity index is 2.59. The van der Waals surface area contributed by atoms with E-state index in [1.807, 2.05) is 6.92 Å². The third-order valence-electron chi connectivity index (χ3n) is 1.81. The number of carbonyl (C=O) groups excluding carboxylic acids is 1. The van der Waals surface area contributed by atoms with Gasteiger partial charge >= 0.3 is 0 Å². The van der Waals surface area contributed by atoms with Crippen LogP contribution in [0.2, 0.25) is 0 Å². The first-order chi connectivity index (χ1) is 5.75. The van der Waals surface area contributed by atoms with Crippen molar-refractivity contribution < 1.29 is 9.21 Å². The molecule has 0 radical (unpaired) electrons. The Morgan fingerprint density at radius 2 is 2.50 bits per heavy atom. The largest absolute Gasteiger partial charge is 0.461 e. The minimum Gasteiger partial charge on any atom is -0.461 e. The average molecular weight is 167 g/mol. The molecule has 3 heteroatoms. The fraction of sp³-hybridized carbons (Fsp3) is 0.444. The van der Waals surface area contributed by atoms with Crippen molar-refractivity contribution in [3.8, 4) is 0 Å². The van der Waals surface area contributed by atoms with Crippen LogP contribution in [0.1, 0.15) is 23.9 Å². The Kier molecular flexibility index (Phi) is 3.05. The number of Topliss-reactive ketones (excluding diaryl/α,β-unsaturated/α-hetero) is 1. The van der Waals surface area contributed by atoms with Crippen LogP contribution < -0.4 is 5.73 Å². The highest BCUT2D eigenvalue weighted by Gasteiger charge is 2.16. The fourth-order valence-electron chi connectivity index (χ4n) is 1.04. The lowest BCUT2D eigenvalue weighted by molar-refractivity contribution is 0.0897. The number of hydrogen-bond donors (Lipinski definition) is 1. The Morgan fingerprint density at radius 1 is 1.75 bits per heavy atom. The highest BCUT2D eigenvalue weighted by Crippen LogP contribution is 2.11. The first-order valence-electron chi connectivity index (χ1n) is 4.03.